The quantitative estimate of drug-likeness (QED) is 0.523. The summed E-state index contributed by atoms with van der Waals surface area (Å²) in [5, 5.41) is 2.61. The van der Waals surface area contributed by atoms with E-state index in [2.05, 4.69) is 49.9 Å². The third-order valence-corrected chi connectivity index (χ3v) is 6.97. The van der Waals surface area contributed by atoms with Crippen molar-refractivity contribution in [3.63, 3.8) is 0 Å². The maximum atomic E-state index is 5.67. The second-order valence-electron chi connectivity index (χ2n) is 8.49. The second-order valence-corrected chi connectivity index (χ2v) is 8.49. The summed E-state index contributed by atoms with van der Waals surface area (Å²) < 4.78 is 5.67. The highest BCUT2D eigenvalue weighted by Gasteiger charge is 2.35. The number of hydrogen-bond acceptors (Lipinski definition) is 1. The van der Waals surface area contributed by atoms with Crippen molar-refractivity contribution < 1.29 is 4.74 Å². The van der Waals surface area contributed by atoms with E-state index in [-0.39, 0.29) is 0 Å². The van der Waals surface area contributed by atoms with E-state index in [0.29, 0.717) is 6.61 Å². The zero-order valence-electron chi connectivity index (χ0n) is 16.1. The first kappa shape index (κ1) is 17.6. The zero-order valence-corrected chi connectivity index (χ0v) is 16.1. The lowest BCUT2D eigenvalue weighted by molar-refractivity contribution is 0.116. The van der Waals surface area contributed by atoms with Gasteiger partial charge in [0.2, 0.25) is 0 Å². The molecule has 0 heterocycles. The van der Waals surface area contributed by atoms with Gasteiger partial charge < -0.3 is 4.74 Å². The summed E-state index contributed by atoms with van der Waals surface area (Å²) in [6.07, 6.45) is 11.8. The molecule has 2 unspecified atom stereocenters. The first-order chi connectivity index (χ1) is 12.8. The van der Waals surface area contributed by atoms with Crippen molar-refractivity contribution in [1.29, 1.82) is 0 Å². The highest BCUT2D eigenvalue weighted by molar-refractivity contribution is 5.84. The molecule has 2 fully saturated rings. The van der Waals surface area contributed by atoms with Crippen LogP contribution >= 0.6 is 0 Å². The van der Waals surface area contributed by atoms with Crippen molar-refractivity contribution in [1.82, 2.24) is 0 Å². The van der Waals surface area contributed by atoms with Crippen molar-refractivity contribution in [2.24, 2.45) is 17.8 Å². The lowest BCUT2D eigenvalue weighted by Gasteiger charge is -2.42. The molecule has 2 aliphatic carbocycles. The van der Waals surface area contributed by atoms with Gasteiger partial charge >= 0.3 is 0 Å². The highest BCUT2D eigenvalue weighted by Crippen LogP contribution is 2.48. The Morgan fingerprint density at radius 2 is 1.73 bits per heavy atom. The molecule has 0 aliphatic heterocycles. The third kappa shape index (κ3) is 3.68. The highest BCUT2D eigenvalue weighted by atomic mass is 16.5. The van der Waals surface area contributed by atoms with Crippen LogP contribution in [0.2, 0.25) is 0 Å². The Kier molecular flexibility index (Phi) is 5.33. The van der Waals surface area contributed by atoms with Gasteiger partial charge in [-0.3, -0.25) is 0 Å². The molecule has 0 saturated heterocycles. The number of ether oxygens (including phenoxy) is 1. The maximum absolute atomic E-state index is 5.67. The molecule has 0 amide bonds. The fourth-order valence-electron chi connectivity index (χ4n) is 5.40. The van der Waals surface area contributed by atoms with E-state index in [4.69, 9.17) is 4.74 Å². The molecule has 0 N–H and O–H groups in total. The summed E-state index contributed by atoms with van der Waals surface area (Å²) >= 11 is 0. The fraction of sp³-hybridized carbons (Fsp3) is 0.520. The molecule has 4 atom stereocenters. The summed E-state index contributed by atoms with van der Waals surface area (Å²) in [5.41, 5.74) is 1.55. The normalized spacial score (nSPS) is 28.5. The van der Waals surface area contributed by atoms with Crippen molar-refractivity contribution >= 4 is 10.8 Å². The van der Waals surface area contributed by atoms with Crippen LogP contribution in [0, 0.1) is 17.8 Å². The molecular weight excluding hydrogens is 316 g/mol. The van der Waals surface area contributed by atoms with Gasteiger partial charge in [0, 0.05) is 0 Å². The van der Waals surface area contributed by atoms with Gasteiger partial charge in [-0.1, -0.05) is 56.7 Å². The Hall–Kier alpha value is -1.76. The summed E-state index contributed by atoms with van der Waals surface area (Å²) in [5.74, 6) is 4.68. The average Bonchev–Trinajstić information content (AvgIpc) is 2.70. The van der Waals surface area contributed by atoms with E-state index < -0.39 is 0 Å². The van der Waals surface area contributed by atoms with Gasteiger partial charge in [0.1, 0.15) is 12.4 Å². The van der Waals surface area contributed by atoms with Crippen molar-refractivity contribution in [3.05, 3.63) is 54.6 Å². The molecule has 1 nitrogen and oxygen atoms in total. The average molecular weight is 349 g/mol. The largest absolute Gasteiger partial charge is 0.490 e. The van der Waals surface area contributed by atoms with Gasteiger partial charge in [0.25, 0.3) is 0 Å². The van der Waals surface area contributed by atoms with Gasteiger partial charge in [-0.25, -0.2) is 0 Å². The van der Waals surface area contributed by atoms with Crippen LogP contribution in [0.4, 0.5) is 0 Å². The van der Waals surface area contributed by atoms with E-state index in [1.807, 2.05) is 0 Å². The minimum Gasteiger partial charge on any atom is -0.490 e. The fourth-order valence-corrected chi connectivity index (χ4v) is 5.40. The topological polar surface area (TPSA) is 9.23 Å². The smallest absolute Gasteiger partial charge is 0.120 e. The third-order valence-electron chi connectivity index (χ3n) is 6.97. The second kappa shape index (κ2) is 7.86. The van der Waals surface area contributed by atoms with Crippen LogP contribution in [0.5, 0.6) is 5.75 Å². The molecule has 26 heavy (non-hydrogen) atoms. The van der Waals surface area contributed by atoms with E-state index in [1.165, 1.54) is 55.7 Å². The van der Waals surface area contributed by atoms with Crippen LogP contribution in [0.1, 0.15) is 63.4 Å². The lowest BCUT2D eigenvalue weighted by atomic mass is 9.63. The molecule has 2 saturated carbocycles. The molecule has 4 rings (SSSR count). The van der Waals surface area contributed by atoms with Gasteiger partial charge in [0.05, 0.1) is 0 Å². The molecule has 2 aliphatic rings. The van der Waals surface area contributed by atoms with E-state index >= 15 is 0 Å². The Morgan fingerprint density at radius 1 is 0.962 bits per heavy atom. The van der Waals surface area contributed by atoms with Crippen molar-refractivity contribution in [2.45, 2.75) is 57.8 Å². The minimum absolute atomic E-state index is 0.563. The number of fused-ring (bicyclic) bond motifs is 2. The van der Waals surface area contributed by atoms with Gasteiger partial charge in [0.15, 0.2) is 0 Å². The Morgan fingerprint density at radius 3 is 2.58 bits per heavy atom. The predicted molar refractivity (Wildman–Crippen MR) is 111 cm³/mol. The first-order valence-electron chi connectivity index (χ1n) is 10.5. The van der Waals surface area contributed by atoms with Gasteiger partial charge in [-0.2, -0.15) is 0 Å². The maximum Gasteiger partial charge on any atom is 0.120 e. The first-order valence-corrected chi connectivity index (χ1v) is 10.5. The molecular formula is C25H32O. The van der Waals surface area contributed by atoms with E-state index in [0.717, 1.165) is 29.4 Å². The standard InChI is InChI=1S/C25H32O/c1-3-13-26-25-12-11-23-16-22(9-10-24(23)17-25)21-8-7-19-14-18(4-2)5-6-20(19)15-21/h3,9-12,16-21H,1,4-8,13-15H2,2H3/t18?,19-,20?,21-/m1/s1. The summed E-state index contributed by atoms with van der Waals surface area (Å²) in [7, 11) is 0. The molecule has 2 aromatic carbocycles. The van der Waals surface area contributed by atoms with Crippen LogP contribution in [-0.2, 0) is 0 Å². The number of hydrogen-bond donors (Lipinski definition) is 0. The molecule has 138 valence electrons. The van der Waals surface area contributed by atoms with Gasteiger partial charge in [-0.05, 0) is 84.2 Å². The van der Waals surface area contributed by atoms with Crippen molar-refractivity contribution in [3.8, 4) is 5.75 Å². The van der Waals surface area contributed by atoms with Crippen LogP contribution in [0.25, 0.3) is 10.8 Å². The Bertz CT molecular complexity index is 762. The summed E-state index contributed by atoms with van der Waals surface area (Å²) in [6.45, 7) is 6.65. The molecule has 1 heteroatoms. The van der Waals surface area contributed by atoms with E-state index in [1.54, 1.807) is 11.6 Å². The zero-order chi connectivity index (χ0) is 17.9. The Balaban J connectivity index is 1.48. The molecule has 0 bridgehead atoms. The monoisotopic (exact) mass is 348 g/mol. The van der Waals surface area contributed by atoms with Crippen LogP contribution < -0.4 is 4.74 Å². The van der Waals surface area contributed by atoms with E-state index in [9.17, 15) is 0 Å². The van der Waals surface area contributed by atoms with Gasteiger partial charge in [-0.15, -0.1) is 0 Å². The molecule has 2 aromatic rings. The predicted octanol–water partition coefficient (Wildman–Crippen LogP) is 7.11. The SMILES string of the molecule is C=CCOc1ccc2cc([C@@H]3CC[C@@H]4CC(CC)CCC4C3)ccc2c1. The summed E-state index contributed by atoms with van der Waals surface area (Å²) in [4.78, 5) is 0. The lowest BCUT2D eigenvalue weighted by Crippen LogP contribution is -2.30. The Labute approximate surface area is 158 Å². The molecule has 0 spiro atoms. The van der Waals surface area contributed by atoms with Crippen molar-refractivity contribution in [2.75, 3.05) is 6.61 Å². The molecule has 0 aromatic heterocycles. The number of benzene rings is 2. The van der Waals surface area contributed by atoms with Crippen LogP contribution in [0.3, 0.4) is 0 Å². The minimum atomic E-state index is 0.563. The summed E-state index contributed by atoms with van der Waals surface area (Å²) in [6, 6.07) is 13.5. The number of rotatable bonds is 5. The molecule has 0 radical (unpaired) electrons. The van der Waals surface area contributed by atoms with Crippen LogP contribution in [0.15, 0.2) is 49.1 Å². The van der Waals surface area contributed by atoms with Crippen LogP contribution in [-0.4, -0.2) is 6.61 Å².